The molecule has 0 saturated carbocycles. The molecule has 45 heavy (non-hydrogen) atoms. The number of nitrogens with one attached hydrogen (secondary N) is 1. The van der Waals surface area contributed by atoms with Gasteiger partial charge < -0.3 is 20.2 Å². The Morgan fingerprint density at radius 3 is 2.56 bits per heavy atom. The van der Waals surface area contributed by atoms with Crippen molar-refractivity contribution < 1.29 is 27.9 Å². The maximum absolute atomic E-state index is 16.6. The number of hydrogen-bond donors (Lipinski definition) is 2. The van der Waals surface area contributed by atoms with Crippen molar-refractivity contribution in [3.63, 3.8) is 0 Å². The van der Waals surface area contributed by atoms with E-state index in [0.717, 1.165) is 16.7 Å². The summed E-state index contributed by atoms with van der Waals surface area (Å²) < 4.78 is 47.3. The number of aromatic hydroxyl groups is 1. The molecule has 11 nitrogen and oxygen atoms in total. The third-order valence-corrected chi connectivity index (χ3v) is 8.20. The molecular weight excluding hydrogens is 591 g/mol. The number of phenolic OH excluding ortho intramolecular Hbond substituents is 1. The molecule has 5 heterocycles. The molecule has 0 radical (unpaired) electrons. The molecule has 1 fully saturated rings. The lowest BCUT2D eigenvalue weighted by Crippen LogP contribution is -2.62. The predicted molar refractivity (Wildman–Crippen MR) is 160 cm³/mol. The number of pyridine rings is 2. The highest BCUT2D eigenvalue weighted by atomic mass is 19.2. The Morgan fingerprint density at radius 2 is 1.87 bits per heavy atom. The Labute approximate surface area is 254 Å². The van der Waals surface area contributed by atoms with Crippen molar-refractivity contribution in [2.45, 2.75) is 45.7 Å². The van der Waals surface area contributed by atoms with E-state index in [2.05, 4.69) is 26.8 Å². The van der Waals surface area contributed by atoms with E-state index >= 15 is 8.78 Å². The van der Waals surface area contributed by atoms with Crippen LogP contribution in [0.1, 0.15) is 37.9 Å². The first-order valence-corrected chi connectivity index (χ1v) is 14.2. The molecule has 2 aliphatic heterocycles. The molecule has 2 unspecified atom stereocenters. The summed E-state index contributed by atoms with van der Waals surface area (Å²) in [6.07, 6.45) is 2.68. The van der Waals surface area contributed by atoms with E-state index in [-0.39, 0.29) is 35.9 Å². The van der Waals surface area contributed by atoms with Crippen LogP contribution >= 0.6 is 0 Å². The summed E-state index contributed by atoms with van der Waals surface area (Å²) in [7, 11) is 0. The van der Waals surface area contributed by atoms with Crippen LogP contribution in [0.15, 0.2) is 41.8 Å². The summed E-state index contributed by atoms with van der Waals surface area (Å²) >= 11 is 0. The lowest BCUT2D eigenvalue weighted by atomic mass is 10.0. The Hall–Kier alpha value is -5.27. The first-order valence-electron chi connectivity index (χ1n) is 14.2. The number of carbonyl (C=O) groups excluding carboxylic acids is 2. The standard InChI is InChI=1S/C31H28F3N7O4/c1-6-19(43)39-12-17-30(44)37-26-21-28(40(17)11-15(39)5)38-31(45)41(27-14(4)9-10-35-24(27)13(2)3)29(21)36-25(23(26)34)20-18(42)8-7-16(32)22(20)33/h6-10,13,15,17,42H,1,11-12H2,2-5H3,(H,37,44). The van der Waals surface area contributed by atoms with Gasteiger partial charge in [-0.15, -0.1) is 0 Å². The lowest BCUT2D eigenvalue weighted by Gasteiger charge is -2.44. The molecule has 2 N–H and O–H groups in total. The minimum Gasteiger partial charge on any atom is -0.507 e. The average Bonchev–Trinajstić information content (AvgIpc) is 3.11. The topological polar surface area (TPSA) is 134 Å². The number of amides is 2. The zero-order valence-electron chi connectivity index (χ0n) is 24.7. The van der Waals surface area contributed by atoms with E-state index in [1.807, 2.05) is 13.8 Å². The van der Waals surface area contributed by atoms with Gasteiger partial charge in [-0.3, -0.25) is 14.6 Å². The van der Waals surface area contributed by atoms with Gasteiger partial charge in [0, 0.05) is 18.8 Å². The predicted octanol–water partition coefficient (Wildman–Crippen LogP) is 3.94. The summed E-state index contributed by atoms with van der Waals surface area (Å²) in [5.41, 5.74) is -2.00. The molecule has 0 bridgehead atoms. The Balaban J connectivity index is 1.76. The second-order valence-electron chi connectivity index (χ2n) is 11.4. The summed E-state index contributed by atoms with van der Waals surface area (Å²) in [5.74, 6) is -6.54. The molecule has 0 aliphatic carbocycles. The minimum atomic E-state index is -1.58. The molecule has 232 valence electrons. The highest BCUT2D eigenvalue weighted by molar-refractivity contribution is 6.12. The van der Waals surface area contributed by atoms with Crippen LogP contribution in [-0.4, -0.2) is 66.5 Å². The van der Waals surface area contributed by atoms with Crippen molar-refractivity contribution in [2.75, 3.05) is 23.3 Å². The van der Waals surface area contributed by atoms with E-state index in [9.17, 15) is 23.9 Å². The molecule has 6 rings (SSSR count). The summed E-state index contributed by atoms with van der Waals surface area (Å²) in [6, 6.07) is 1.59. The van der Waals surface area contributed by atoms with Crippen molar-refractivity contribution in [1.82, 2.24) is 24.4 Å². The highest BCUT2D eigenvalue weighted by Gasteiger charge is 2.43. The first kappa shape index (κ1) is 29.8. The van der Waals surface area contributed by atoms with Crippen molar-refractivity contribution in [3.8, 4) is 22.7 Å². The number of nitrogens with zero attached hydrogens (tertiary/aromatic N) is 6. The second-order valence-corrected chi connectivity index (χ2v) is 11.4. The Bertz CT molecular complexity index is 2010. The monoisotopic (exact) mass is 619 g/mol. The largest absolute Gasteiger partial charge is 0.507 e. The maximum atomic E-state index is 16.6. The third-order valence-electron chi connectivity index (χ3n) is 8.20. The number of aryl methyl sites for hydroxylation is 1. The molecule has 0 spiro atoms. The van der Waals surface area contributed by atoms with Gasteiger partial charge in [0.1, 0.15) is 23.3 Å². The van der Waals surface area contributed by atoms with Gasteiger partial charge in [0.25, 0.3) is 0 Å². The molecule has 1 aromatic carbocycles. The summed E-state index contributed by atoms with van der Waals surface area (Å²) in [4.78, 5) is 56.5. The van der Waals surface area contributed by atoms with Gasteiger partial charge in [-0.05, 0) is 49.6 Å². The van der Waals surface area contributed by atoms with Gasteiger partial charge in [0.15, 0.2) is 23.1 Å². The molecular formula is C31H28F3N7O4. The van der Waals surface area contributed by atoms with Crippen LogP contribution in [0.5, 0.6) is 5.75 Å². The number of piperazine rings is 1. The molecule has 2 atom stereocenters. The van der Waals surface area contributed by atoms with Crippen molar-refractivity contribution >= 4 is 34.4 Å². The van der Waals surface area contributed by atoms with E-state index in [1.54, 1.807) is 26.1 Å². The van der Waals surface area contributed by atoms with E-state index in [4.69, 9.17) is 0 Å². The molecule has 2 aliphatic rings. The number of carbonyl (C=O) groups is 2. The van der Waals surface area contributed by atoms with Crippen LogP contribution < -0.4 is 15.9 Å². The van der Waals surface area contributed by atoms with Crippen LogP contribution in [0.4, 0.5) is 24.7 Å². The minimum absolute atomic E-state index is 0.0362. The van der Waals surface area contributed by atoms with Crippen LogP contribution in [0.25, 0.3) is 28.0 Å². The number of benzene rings is 1. The summed E-state index contributed by atoms with van der Waals surface area (Å²) in [5, 5.41) is 13.0. The fourth-order valence-corrected chi connectivity index (χ4v) is 6.02. The zero-order valence-corrected chi connectivity index (χ0v) is 24.7. The quantitative estimate of drug-likeness (QED) is 0.328. The third kappa shape index (κ3) is 4.50. The van der Waals surface area contributed by atoms with Crippen molar-refractivity contribution in [1.29, 1.82) is 0 Å². The second kappa shape index (κ2) is 10.7. The molecule has 1 saturated heterocycles. The van der Waals surface area contributed by atoms with Crippen LogP contribution in [0.3, 0.4) is 0 Å². The fraction of sp³-hybridized carbons (Fsp3) is 0.290. The number of anilines is 2. The number of hydrogen-bond acceptors (Lipinski definition) is 8. The summed E-state index contributed by atoms with van der Waals surface area (Å²) in [6.45, 7) is 10.6. The molecule has 4 aromatic rings. The first-order chi connectivity index (χ1) is 21.3. The van der Waals surface area contributed by atoms with E-state index < -0.39 is 69.7 Å². The van der Waals surface area contributed by atoms with E-state index in [1.165, 1.54) is 9.80 Å². The molecule has 3 aromatic heterocycles. The van der Waals surface area contributed by atoms with Gasteiger partial charge in [-0.1, -0.05) is 20.4 Å². The van der Waals surface area contributed by atoms with Gasteiger partial charge in [0.2, 0.25) is 11.8 Å². The van der Waals surface area contributed by atoms with Gasteiger partial charge in [-0.2, -0.15) is 4.98 Å². The Kier molecular flexibility index (Phi) is 7.09. The van der Waals surface area contributed by atoms with Gasteiger partial charge in [-0.25, -0.2) is 27.5 Å². The van der Waals surface area contributed by atoms with Crippen LogP contribution in [0.2, 0.25) is 0 Å². The highest BCUT2D eigenvalue weighted by Crippen LogP contribution is 2.43. The van der Waals surface area contributed by atoms with Crippen molar-refractivity contribution in [2.24, 2.45) is 0 Å². The van der Waals surface area contributed by atoms with Gasteiger partial charge >= 0.3 is 5.69 Å². The number of aromatic nitrogens is 4. The smallest absolute Gasteiger partial charge is 0.355 e. The Morgan fingerprint density at radius 1 is 1.13 bits per heavy atom. The SMILES string of the molecule is C=CC(=O)N1CC2C(=O)Nc3c(F)c(-c4c(O)ccc(F)c4F)nc4c3c(nc(=O)n4-c3c(C)ccnc3C(C)C)N2CC1C. The normalized spacial score (nSPS) is 17.7. The van der Waals surface area contributed by atoms with Crippen LogP contribution in [0, 0.1) is 24.4 Å². The van der Waals surface area contributed by atoms with Crippen molar-refractivity contribution in [3.05, 3.63) is 76.2 Å². The number of phenols is 1. The molecule has 14 heteroatoms. The zero-order chi connectivity index (χ0) is 32.5. The van der Waals surface area contributed by atoms with E-state index in [0.29, 0.717) is 23.0 Å². The molecule has 2 amide bonds. The number of fused-ring (bicyclic) bond motifs is 2. The maximum Gasteiger partial charge on any atom is 0.355 e. The lowest BCUT2D eigenvalue weighted by molar-refractivity contribution is -0.130. The number of rotatable bonds is 4. The number of halogens is 3. The van der Waals surface area contributed by atoms with Crippen LogP contribution in [-0.2, 0) is 9.59 Å². The average molecular weight is 620 g/mol. The van der Waals surface area contributed by atoms with Gasteiger partial charge in [0.05, 0.1) is 34.6 Å². The fourth-order valence-electron chi connectivity index (χ4n) is 6.02.